The lowest BCUT2D eigenvalue weighted by Crippen LogP contribution is -2.41. The van der Waals surface area contributed by atoms with E-state index in [0.717, 1.165) is 31.4 Å². The van der Waals surface area contributed by atoms with Crippen LogP contribution in [0.4, 0.5) is 0 Å². The van der Waals surface area contributed by atoms with Gasteiger partial charge in [0.25, 0.3) is 0 Å². The van der Waals surface area contributed by atoms with Crippen molar-refractivity contribution in [1.82, 2.24) is 5.32 Å². The highest BCUT2D eigenvalue weighted by molar-refractivity contribution is 5.82. The van der Waals surface area contributed by atoms with Crippen LogP contribution in [-0.4, -0.2) is 26.2 Å². The van der Waals surface area contributed by atoms with Crippen molar-refractivity contribution in [2.45, 2.75) is 45.1 Å². The molecule has 1 aliphatic rings. The summed E-state index contributed by atoms with van der Waals surface area (Å²) < 4.78 is 5.23. The number of rotatable bonds is 7. The van der Waals surface area contributed by atoms with Crippen molar-refractivity contribution < 1.29 is 9.53 Å². The van der Waals surface area contributed by atoms with E-state index < -0.39 is 6.04 Å². The molecular weight excluding hydrogens is 276 g/mol. The van der Waals surface area contributed by atoms with E-state index in [4.69, 9.17) is 10.5 Å². The second-order valence-corrected chi connectivity index (χ2v) is 6.56. The first-order valence-corrected chi connectivity index (χ1v) is 8.15. The lowest BCUT2D eigenvalue weighted by Gasteiger charge is -2.29. The highest BCUT2D eigenvalue weighted by Gasteiger charge is 2.34. The van der Waals surface area contributed by atoms with Crippen LogP contribution in [0.1, 0.15) is 49.3 Å². The molecule has 1 saturated carbocycles. The molecule has 1 fully saturated rings. The van der Waals surface area contributed by atoms with Crippen molar-refractivity contribution in [3.63, 3.8) is 0 Å². The molecule has 0 heterocycles. The van der Waals surface area contributed by atoms with E-state index in [1.54, 1.807) is 7.11 Å². The number of methoxy groups -OCH3 is 1. The van der Waals surface area contributed by atoms with Crippen LogP contribution in [0.5, 0.6) is 0 Å². The summed E-state index contributed by atoms with van der Waals surface area (Å²) in [7, 11) is 1.73. The molecule has 0 aromatic heterocycles. The Morgan fingerprint density at radius 1 is 1.32 bits per heavy atom. The SMILES string of the molecule is COCCC1(CNC(=O)C(N)c2ccc(C)cc2)CCCC1. The third-order valence-corrected chi connectivity index (χ3v) is 4.86. The number of carbonyl (C=O) groups is 1. The first kappa shape index (κ1) is 17.0. The average molecular weight is 304 g/mol. The maximum atomic E-state index is 12.3. The third-order valence-electron chi connectivity index (χ3n) is 4.86. The fourth-order valence-corrected chi connectivity index (χ4v) is 3.27. The second-order valence-electron chi connectivity index (χ2n) is 6.56. The highest BCUT2D eigenvalue weighted by atomic mass is 16.5. The number of hydrogen-bond donors (Lipinski definition) is 2. The zero-order valence-electron chi connectivity index (χ0n) is 13.7. The van der Waals surface area contributed by atoms with Crippen molar-refractivity contribution in [2.24, 2.45) is 11.1 Å². The number of aryl methyl sites for hydroxylation is 1. The van der Waals surface area contributed by atoms with E-state index in [2.05, 4.69) is 5.32 Å². The summed E-state index contributed by atoms with van der Waals surface area (Å²) in [5.41, 5.74) is 8.30. The smallest absolute Gasteiger partial charge is 0.241 e. The zero-order chi connectivity index (χ0) is 16.0. The molecule has 1 aromatic rings. The van der Waals surface area contributed by atoms with Crippen LogP contribution in [0.3, 0.4) is 0 Å². The molecular formula is C18H28N2O2. The van der Waals surface area contributed by atoms with Crippen molar-refractivity contribution in [2.75, 3.05) is 20.3 Å². The van der Waals surface area contributed by atoms with Crippen molar-refractivity contribution in [3.05, 3.63) is 35.4 Å². The van der Waals surface area contributed by atoms with Gasteiger partial charge in [-0.05, 0) is 37.2 Å². The van der Waals surface area contributed by atoms with Crippen LogP contribution in [0, 0.1) is 12.3 Å². The molecule has 122 valence electrons. The summed E-state index contributed by atoms with van der Waals surface area (Å²) in [6.45, 7) is 3.48. The van der Waals surface area contributed by atoms with Gasteiger partial charge in [-0.15, -0.1) is 0 Å². The molecule has 4 nitrogen and oxygen atoms in total. The fraction of sp³-hybridized carbons (Fsp3) is 0.611. The molecule has 22 heavy (non-hydrogen) atoms. The number of nitrogens with two attached hydrogens (primary N) is 1. The summed E-state index contributed by atoms with van der Waals surface area (Å²) in [5, 5.41) is 3.07. The molecule has 1 unspecified atom stereocenters. The monoisotopic (exact) mass is 304 g/mol. The van der Waals surface area contributed by atoms with Crippen LogP contribution in [0.15, 0.2) is 24.3 Å². The first-order valence-electron chi connectivity index (χ1n) is 8.15. The van der Waals surface area contributed by atoms with Crippen molar-refractivity contribution in [3.8, 4) is 0 Å². The third kappa shape index (κ3) is 4.31. The Kier molecular flexibility index (Phi) is 5.98. The Morgan fingerprint density at radius 2 is 1.95 bits per heavy atom. The van der Waals surface area contributed by atoms with E-state index in [0.29, 0.717) is 6.54 Å². The summed E-state index contributed by atoms with van der Waals surface area (Å²) in [4.78, 5) is 12.3. The molecule has 1 amide bonds. The minimum Gasteiger partial charge on any atom is -0.385 e. The molecule has 1 aliphatic carbocycles. The van der Waals surface area contributed by atoms with Gasteiger partial charge in [0, 0.05) is 20.3 Å². The predicted octanol–water partition coefficient (Wildman–Crippen LogP) is 2.71. The van der Waals surface area contributed by atoms with Gasteiger partial charge in [0.05, 0.1) is 0 Å². The normalized spacial score (nSPS) is 18.1. The van der Waals surface area contributed by atoms with Crippen LogP contribution in [-0.2, 0) is 9.53 Å². The number of hydrogen-bond acceptors (Lipinski definition) is 3. The Morgan fingerprint density at radius 3 is 2.55 bits per heavy atom. The summed E-state index contributed by atoms with van der Waals surface area (Å²) >= 11 is 0. The van der Waals surface area contributed by atoms with E-state index in [-0.39, 0.29) is 11.3 Å². The number of benzene rings is 1. The maximum Gasteiger partial charge on any atom is 0.241 e. The first-order chi connectivity index (χ1) is 10.6. The van der Waals surface area contributed by atoms with Gasteiger partial charge in [0.1, 0.15) is 6.04 Å². The molecule has 4 heteroatoms. The topological polar surface area (TPSA) is 64.3 Å². The van der Waals surface area contributed by atoms with E-state index in [9.17, 15) is 4.79 Å². The molecule has 0 saturated heterocycles. The van der Waals surface area contributed by atoms with Crippen molar-refractivity contribution in [1.29, 1.82) is 0 Å². The fourth-order valence-electron chi connectivity index (χ4n) is 3.27. The van der Waals surface area contributed by atoms with Crippen LogP contribution >= 0.6 is 0 Å². The Labute approximate surface area is 133 Å². The quantitative estimate of drug-likeness (QED) is 0.814. The van der Waals surface area contributed by atoms with Crippen molar-refractivity contribution >= 4 is 5.91 Å². The molecule has 2 rings (SSSR count). The largest absolute Gasteiger partial charge is 0.385 e. The van der Waals surface area contributed by atoms with Gasteiger partial charge in [-0.3, -0.25) is 4.79 Å². The summed E-state index contributed by atoms with van der Waals surface area (Å²) in [6.07, 6.45) is 5.81. The molecule has 3 N–H and O–H groups in total. The highest BCUT2D eigenvalue weighted by Crippen LogP contribution is 2.40. The number of amides is 1. The second kappa shape index (κ2) is 7.75. The number of ether oxygens (including phenoxy) is 1. The number of carbonyl (C=O) groups excluding carboxylic acids is 1. The summed E-state index contributed by atoms with van der Waals surface area (Å²) in [5.74, 6) is -0.0902. The van der Waals surface area contributed by atoms with Gasteiger partial charge >= 0.3 is 0 Å². The van der Waals surface area contributed by atoms with Crippen LogP contribution < -0.4 is 11.1 Å². The Hall–Kier alpha value is -1.39. The predicted molar refractivity (Wildman–Crippen MR) is 88.5 cm³/mol. The van der Waals surface area contributed by atoms with Gasteiger partial charge in [0.15, 0.2) is 0 Å². The van der Waals surface area contributed by atoms with Gasteiger partial charge < -0.3 is 15.8 Å². The minimum atomic E-state index is -0.596. The van der Waals surface area contributed by atoms with Gasteiger partial charge in [-0.1, -0.05) is 42.7 Å². The molecule has 0 bridgehead atoms. The van der Waals surface area contributed by atoms with E-state index >= 15 is 0 Å². The molecule has 0 aliphatic heterocycles. The Bertz CT molecular complexity index is 478. The van der Waals surface area contributed by atoms with Gasteiger partial charge in [0.2, 0.25) is 5.91 Å². The summed E-state index contributed by atoms with van der Waals surface area (Å²) in [6, 6.07) is 7.23. The van der Waals surface area contributed by atoms with Gasteiger partial charge in [-0.25, -0.2) is 0 Å². The zero-order valence-corrected chi connectivity index (χ0v) is 13.7. The lowest BCUT2D eigenvalue weighted by atomic mass is 9.83. The molecule has 1 aromatic carbocycles. The maximum absolute atomic E-state index is 12.3. The lowest BCUT2D eigenvalue weighted by molar-refractivity contribution is -0.123. The average Bonchev–Trinajstić information content (AvgIpc) is 3.00. The molecule has 1 atom stereocenters. The van der Waals surface area contributed by atoms with Crippen LogP contribution in [0.25, 0.3) is 0 Å². The Balaban J connectivity index is 1.91. The minimum absolute atomic E-state index is 0.0902. The van der Waals surface area contributed by atoms with E-state index in [1.807, 2.05) is 31.2 Å². The van der Waals surface area contributed by atoms with Gasteiger partial charge in [-0.2, -0.15) is 0 Å². The van der Waals surface area contributed by atoms with E-state index in [1.165, 1.54) is 18.4 Å². The number of nitrogens with one attached hydrogen (secondary N) is 1. The molecule has 0 radical (unpaired) electrons. The van der Waals surface area contributed by atoms with Crippen LogP contribution in [0.2, 0.25) is 0 Å². The standard InChI is InChI=1S/C18H28N2O2/c1-14-5-7-15(8-6-14)16(19)17(21)20-13-18(11-12-22-2)9-3-4-10-18/h5-8,16H,3-4,9-13,19H2,1-2H3,(H,20,21). The molecule has 0 spiro atoms.